The normalized spacial score (nSPS) is 12.0. The maximum Gasteiger partial charge on any atom is 0.242 e. The minimum Gasteiger partial charge on any atom is -0.497 e. The molecule has 180 valence electrons. The zero-order valence-electron chi connectivity index (χ0n) is 19.2. The number of sulfonamides is 1. The van der Waals surface area contributed by atoms with E-state index < -0.39 is 16.1 Å². The molecule has 0 aliphatic rings. The van der Waals surface area contributed by atoms with Crippen LogP contribution in [-0.2, 0) is 26.2 Å². The van der Waals surface area contributed by atoms with Crippen molar-refractivity contribution in [3.05, 3.63) is 59.1 Å². The molecule has 2 aromatic rings. The van der Waals surface area contributed by atoms with Gasteiger partial charge in [0.1, 0.15) is 11.8 Å². The standard InChI is InChI=1S/C23H30ClN3O5S/c1-17(23(29)25-2)26(16-18-7-5-8-19(24)15-18)22(28)9-6-14-27(33(4,30)31)20-10-12-21(32-3)13-11-20/h5,7-8,10-13,15,17H,6,9,14,16H2,1-4H3,(H,25,29)/t17-/m0/s1. The minimum atomic E-state index is -3.55. The van der Waals surface area contributed by atoms with Gasteiger partial charge in [0.2, 0.25) is 21.8 Å². The lowest BCUT2D eigenvalue weighted by molar-refractivity contribution is -0.140. The first-order chi connectivity index (χ1) is 15.6. The van der Waals surface area contributed by atoms with Gasteiger partial charge in [0.15, 0.2) is 0 Å². The van der Waals surface area contributed by atoms with E-state index in [-0.39, 0.29) is 37.7 Å². The van der Waals surface area contributed by atoms with Crippen LogP contribution in [0.4, 0.5) is 5.69 Å². The summed E-state index contributed by atoms with van der Waals surface area (Å²) in [6, 6.07) is 13.1. The summed E-state index contributed by atoms with van der Waals surface area (Å²) >= 11 is 6.06. The van der Waals surface area contributed by atoms with E-state index in [1.54, 1.807) is 49.4 Å². The van der Waals surface area contributed by atoms with E-state index in [1.807, 2.05) is 6.07 Å². The van der Waals surface area contributed by atoms with Crippen LogP contribution < -0.4 is 14.4 Å². The van der Waals surface area contributed by atoms with E-state index in [1.165, 1.54) is 23.4 Å². The molecule has 0 unspecified atom stereocenters. The third kappa shape index (κ3) is 7.64. The molecule has 10 heteroatoms. The predicted molar refractivity (Wildman–Crippen MR) is 130 cm³/mol. The van der Waals surface area contributed by atoms with Gasteiger partial charge < -0.3 is 15.0 Å². The molecule has 0 fully saturated rings. The summed E-state index contributed by atoms with van der Waals surface area (Å²) in [4.78, 5) is 26.8. The third-order valence-electron chi connectivity index (χ3n) is 5.17. The van der Waals surface area contributed by atoms with Crippen LogP contribution >= 0.6 is 11.6 Å². The van der Waals surface area contributed by atoms with Gasteiger partial charge >= 0.3 is 0 Å². The van der Waals surface area contributed by atoms with Crippen LogP contribution in [0.2, 0.25) is 5.02 Å². The average Bonchev–Trinajstić information content (AvgIpc) is 2.78. The molecule has 0 heterocycles. The van der Waals surface area contributed by atoms with Crippen LogP contribution in [0, 0.1) is 0 Å². The van der Waals surface area contributed by atoms with Gasteiger partial charge in [0, 0.05) is 31.6 Å². The molecule has 0 saturated heterocycles. The maximum atomic E-state index is 13.1. The van der Waals surface area contributed by atoms with Crippen LogP contribution in [0.15, 0.2) is 48.5 Å². The molecular formula is C23H30ClN3O5S. The monoisotopic (exact) mass is 495 g/mol. The number of nitrogens with one attached hydrogen (secondary N) is 1. The zero-order chi connectivity index (χ0) is 24.6. The summed E-state index contributed by atoms with van der Waals surface area (Å²) in [6.45, 7) is 1.99. The number of nitrogens with zero attached hydrogens (tertiary/aromatic N) is 2. The summed E-state index contributed by atoms with van der Waals surface area (Å²) < 4.78 is 31.1. The van der Waals surface area contributed by atoms with Crippen molar-refractivity contribution in [1.29, 1.82) is 0 Å². The van der Waals surface area contributed by atoms with Gasteiger partial charge in [-0.2, -0.15) is 0 Å². The zero-order valence-corrected chi connectivity index (χ0v) is 20.8. The number of carbonyl (C=O) groups is 2. The summed E-state index contributed by atoms with van der Waals surface area (Å²) in [5, 5.41) is 3.10. The average molecular weight is 496 g/mol. The number of hydrogen-bond donors (Lipinski definition) is 1. The Hall–Kier alpha value is -2.78. The van der Waals surface area contributed by atoms with Crippen molar-refractivity contribution in [3.63, 3.8) is 0 Å². The number of hydrogen-bond acceptors (Lipinski definition) is 5. The van der Waals surface area contributed by atoms with Gasteiger partial charge in [-0.25, -0.2) is 8.42 Å². The molecule has 0 aromatic heterocycles. The highest BCUT2D eigenvalue weighted by Gasteiger charge is 2.26. The van der Waals surface area contributed by atoms with Crippen molar-refractivity contribution in [2.24, 2.45) is 0 Å². The summed E-state index contributed by atoms with van der Waals surface area (Å²) in [6.07, 6.45) is 1.48. The van der Waals surface area contributed by atoms with Crippen molar-refractivity contribution in [2.75, 3.05) is 31.3 Å². The second-order valence-corrected chi connectivity index (χ2v) is 9.92. The fourth-order valence-corrected chi connectivity index (χ4v) is 4.55. The summed E-state index contributed by atoms with van der Waals surface area (Å²) in [5.74, 6) is 0.0675. The molecule has 0 aliphatic carbocycles. The second kappa shape index (κ2) is 11.9. The van der Waals surface area contributed by atoms with Gasteiger partial charge in [0.05, 0.1) is 19.1 Å². The molecule has 0 spiro atoms. The van der Waals surface area contributed by atoms with Crippen molar-refractivity contribution in [3.8, 4) is 5.75 Å². The largest absolute Gasteiger partial charge is 0.497 e. The third-order valence-corrected chi connectivity index (χ3v) is 6.60. The molecule has 8 nitrogen and oxygen atoms in total. The quantitative estimate of drug-likeness (QED) is 0.517. The van der Waals surface area contributed by atoms with Crippen molar-refractivity contribution in [1.82, 2.24) is 10.2 Å². The van der Waals surface area contributed by atoms with E-state index in [0.29, 0.717) is 16.5 Å². The molecule has 0 aliphatic heterocycles. The van der Waals surface area contributed by atoms with Gasteiger partial charge in [-0.1, -0.05) is 23.7 Å². The lowest BCUT2D eigenvalue weighted by Crippen LogP contribution is -2.46. The number of amides is 2. The van der Waals surface area contributed by atoms with Crippen LogP contribution in [0.5, 0.6) is 5.75 Å². The highest BCUT2D eigenvalue weighted by molar-refractivity contribution is 7.92. The topological polar surface area (TPSA) is 96.0 Å². The molecule has 1 atom stereocenters. The highest BCUT2D eigenvalue weighted by Crippen LogP contribution is 2.22. The number of ether oxygens (including phenoxy) is 1. The van der Waals surface area contributed by atoms with Crippen LogP contribution in [0.3, 0.4) is 0 Å². The Morgan fingerprint density at radius 2 is 1.82 bits per heavy atom. The summed E-state index contributed by atoms with van der Waals surface area (Å²) in [7, 11) is -0.509. The molecule has 0 bridgehead atoms. The van der Waals surface area contributed by atoms with Crippen molar-refractivity contribution >= 4 is 39.1 Å². The Morgan fingerprint density at radius 1 is 1.15 bits per heavy atom. The maximum absolute atomic E-state index is 13.1. The molecule has 2 amide bonds. The van der Waals surface area contributed by atoms with Gasteiger partial charge in [-0.05, 0) is 55.3 Å². The Kier molecular flexibility index (Phi) is 9.55. The van der Waals surface area contributed by atoms with Crippen LogP contribution in [0.25, 0.3) is 0 Å². The fraction of sp³-hybridized carbons (Fsp3) is 0.391. The first-order valence-corrected chi connectivity index (χ1v) is 12.7. The number of halogens is 1. The van der Waals surface area contributed by atoms with E-state index in [4.69, 9.17) is 16.3 Å². The van der Waals surface area contributed by atoms with Crippen LogP contribution in [0.1, 0.15) is 25.3 Å². The lowest BCUT2D eigenvalue weighted by Gasteiger charge is -2.29. The van der Waals surface area contributed by atoms with Crippen LogP contribution in [-0.4, -0.2) is 58.1 Å². The number of methoxy groups -OCH3 is 1. The predicted octanol–water partition coefficient (Wildman–Crippen LogP) is 3.06. The Balaban J connectivity index is 2.13. The van der Waals surface area contributed by atoms with E-state index in [9.17, 15) is 18.0 Å². The first-order valence-electron chi connectivity index (χ1n) is 10.4. The van der Waals surface area contributed by atoms with E-state index in [0.717, 1.165) is 11.8 Å². The Labute approximate surface area is 200 Å². The van der Waals surface area contributed by atoms with Gasteiger partial charge in [-0.15, -0.1) is 0 Å². The lowest BCUT2D eigenvalue weighted by atomic mass is 10.1. The molecule has 0 radical (unpaired) electrons. The van der Waals surface area contributed by atoms with Gasteiger partial charge in [0.25, 0.3) is 0 Å². The van der Waals surface area contributed by atoms with Crippen molar-refractivity contribution < 1.29 is 22.7 Å². The summed E-state index contributed by atoms with van der Waals surface area (Å²) in [5.41, 5.74) is 1.28. The second-order valence-electron chi connectivity index (χ2n) is 7.58. The number of rotatable bonds is 11. The molecule has 2 aromatic carbocycles. The number of likely N-dealkylation sites (N-methyl/N-ethyl adjacent to an activating group) is 1. The first kappa shape index (κ1) is 26.5. The number of anilines is 1. The Morgan fingerprint density at radius 3 is 2.36 bits per heavy atom. The molecule has 1 N–H and O–H groups in total. The SMILES string of the molecule is CNC(=O)[C@H](C)N(Cc1cccc(Cl)c1)C(=O)CCCN(c1ccc(OC)cc1)S(C)(=O)=O. The molecular weight excluding hydrogens is 466 g/mol. The number of benzene rings is 2. The van der Waals surface area contributed by atoms with E-state index in [2.05, 4.69) is 5.32 Å². The smallest absolute Gasteiger partial charge is 0.242 e. The highest BCUT2D eigenvalue weighted by atomic mass is 35.5. The number of carbonyl (C=O) groups excluding carboxylic acids is 2. The van der Waals surface area contributed by atoms with E-state index >= 15 is 0 Å². The molecule has 33 heavy (non-hydrogen) atoms. The fourth-order valence-electron chi connectivity index (χ4n) is 3.38. The molecule has 2 rings (SSSR count). The minimum absolute atomic E-state index is 0.0735. The molecule has 0 saturated carbocycles. The Bertz CT molecular complexity index is 1060. The van der Waals surface area contributed by atoms with Gasteiger partial charge in [-0.3, -0.25) is 13.9 Å². The van der Waals surface area contributed by atoms with Crippen molar-refractivity contribution in [2.45, 2.75) is 32.4 Å².